The Kier molecular flexibility index (Phi) is 2.56. The fourth-order valence-electron chi connectivity index (χ4n) is 2.70. The second-order valence-corrected chi connectivity index (χ2v) is 4.71. The molecule has 0 saturated heterocycles. The summed E-state index contributed by atoms with van der Waals surface area (Å²) in [6.45, 7) is 1.01. The Labute approximate surface area is 106 Å². The normalized spacial score (nSPS) is 16.1. The predicted octanol–water partition coefficient (Wildman–Crippen LogP) is 3.13. The zero-order valence-electron chi connectivity index (χ0n) is 10.4. The van der Waals surface area contributed by atoms with Crippen LogP contribution >= 0.6 is 0 Å². The predicted molar refractivity (Wildman–Crippen MR) is 72.7 cm³/mol. The van der Waals surface area contributed by atoms with Gasteiger partial charge in [0.2, 0.25) is 0 Å². The number of H-pyrrole nitrogens is 1. The molecule has 0 unspecified atom stereocenters. The van der Waals surface area contributed by atoms with E-state index in [1.807, 2.05) is 18.3 Å². The van der Waals surface area contributed by atoms with E-state index in [1.165, 1.54) is 5.39 Å². The molecule has 2 heterocycles. The highest BCUT2D eigenvalue weighted by molar-refractivity contribution is 5.93. The molecule has 0 radical (unpaired) electrons. The van der Waals surface area contributed by atoms with Crippen LogP contribution in [0.25, 0.3) is 16.6 Å². The van der Waals surface area contributed by atoms with E-state index >= 15 is 0 Å². The quantitative estimate of drug-likeness (QED) is 0.828. The largest absolute Gasteiger partial charge is 0.373 e. The van der Waals surface area contributed by atoms with Crippen molar-refractivity contribution in [3.8, 4) is 6.07 Å². The lowest BCUT2D eigenvalue weighted by Crippen LogP contribution is -2.23. The molecule has 0 amide bonds. The maximum atomic E-state index is 9.31. The Morgan fingerprint density at radius 1 is 1.33 bits per heavy atom. The van der Waals surface area contributed by atoms with Crippen LogP contribution in [0.5, 0.6) is 0 Å². The Morgan fingerprint density at radius 3 is 3.00 bits per heavy atom. The summed E-state index contributed by atoms with van der Waals surface area (Å²) in [4.78, 5) is 5.47. The Hall–Kier alpha value is -2.21. The standard InChI is InChI=1S/C15H15N3/c1-18-8-4-5-11(9-16)15(18)13-10-17-14-7-3-2-6-12(13)14/h2-3,6-7,10,17H,4-5,8H2,1H3. The van der Waals surface area contributed by atoms with Crippen molar-refractivity contribution in [3.63, 3.8) is 0 Å². The summed E-state index contributed by atoms with van der Waals surface area (Å²) in [6, 6.07) is 10.6. The van der Waals surface area contributed by atoms with E-state index in [2.05, 4.69) is 35.1 Å². The summed E-state index contributed by atoms with van der Waals surface area (Å²) in [5.41, 5.74) is 4.25. The molecular weight excluding hydrogens is 222 g/mol. The molecule has 0 aliphatic carbocycles. The fourth-order valence-corrected chi connectivity index (χ4v) is 2.70. The van der Waals surface area contributed by atoms with Crippen molar-refractivity contribution in [2.75, 3.05) is 13.6 Å². The summed E-state index contributed by atoms with van der Waals surface area (Å²) in [6.07, 6.45) is 3.96. The highest BCUT2D eigenvalue weighted by Gasteiger charge is 2.20. The zero-order valence-corrected chi connectivity index (χ0v) is 10.4. The van der Waals surface area contributed by atoms with Gasteiger partial charge in [0.25, 0.3) is 0 Å². The first-order valence-corrected chi connectivity index (χ1v) is 6.22. The van der Waals surface area contributed by atoms with Crippen LogP contribution in [0.4, 0.5) is 0 Å². The maximum Gasteiger partial charge on any atom is 0.0969 e. The number of aromatic nitrogens is 1. The van der Waals surface area contributed by atoms with Crippen molar-refractivity contribution in [1.29, 1.82) is 5.26 Å². The summed E-state index contributed by atoms with van der Waals surface area (Å²) < 4.78 is 0. The van der Waals surface area contributed by atoms with Crippen LogP contribution in [0.2, 0.25) is 0 Å². The molecule has 3 rings (SSSR count). The molecular formula is C15H15N3. The van der Waals surface area contributed by atoms with Gasteiger partial charge in [0.15, 0.2) is 0 Å². The molecule has 18 heavy (non-hydrogen) atoms. The zero-order chi connectivity index (χ0) is 12.5. The molecule has 0 atom stereocenters. The van der Waals surface area contributed by atoms with Crippen molar-refractivity contribution in [2.24, 2.45) is 0 Å². The number of para-hydroxylation sites is 1. The van der Waals surface area contributed by atoms with E-state index in [-0.39, 0.29) is 0 Å². The molecule has 1 aromatic carbocycles. The van der Waals surface area contributed by atoms with Gasteiger partial charge in [-0.1, -0.05) is 18.2 Å². The third kappa shape index (κ3) is 1.58. The molecule has 1 N–H and O–H groups in total. The minimum Gasteiger partial charge on any atom is -0.373 e. The number of nitriles is 1. The molecule has 0 saturated carbocycles. The first kappa shape index (κ1) is 10.9. The maximum absolute atomic E-state index is 9.31. The molecule has 3 heteroatoms. The van der Waals surface area contributed by atoms with Crippen molar-refractivity contribution in [2.45, 2.75) is 12.8 Å². The molecule has 2 aromatic rings. The topological polar surface area (TPSA) is 42.8 Å². The molecule has 90 valence electrons. The molecule has 1 aliphatic rings. The summed E-state index contributed by atoms with van der Waals surface area (Å²) >= 11 is 0. The van der Waals surface area contributed by atoms with Gasteiger partial charge in [0.1, 0.15) is 0 Å². The van der Waals surface area contributed by atoms with Crippen molar-refractivity contribution in [3.05, 3.63) is 41.6 Å². The average molecular weight is 237 g/mol. The van der Waals surface area contributed by atoms with E-state index in [1.54, 1.807) is 0 Å². The fraction of sp³-hybridized carbons (Fsp3) is 0.267. The van der Waals surface area contributed by atoms with Crippen LogP contribution in [0.1, 0.15) is 18.4 Å². The van der Waals surface area contributed by atoms with Gasteiger partial charge >= 0.3 is 0 Å². The number of aromatic amines is 1. The first-order chi connectivity index (χ1) is 8.81. The minimum atomic E-state index is 0.885. The molecule has 0 fully saturated rings. The lowest BCUT2D eigenvalue weighted by atomic mass is 9.98. The molecule has 3 nitrogen and oxygen atoms in total. The van der Waals surface area contributed by atoms with Crippen molar-refractivity contribution in [1.82, 2.24) is 9.88 Å². The highest BCUT2D eigenvalue weighted by atomic mass is 15.1. The van der Waals surface area contributed by atoms with E-state index in [9.17, 15) is 5.26 Å². The van der Waals surface area contributed by atoms with Gasteiger partial charge < -0.3 is 9.88 Å². The van der Waals surface area contributed by atoms with E-state index in [0.717, 1.165) is 41.7 Å². The van der Waals surface area contributed by atoms with E-state index in [0.29, 0.717) is 0 Å². The summed E-state index contributed by atoms with van der Waals surface area (Å²) in [5.74, 6) is 0. The van der Waals surface area contributed by atoms with Crippen molar-refractivity contribution < 1.29 is 0 Å². The first-order valence-electron chi connectivity index (χ1n) is 6.22. The number of fused-ring (bicyclic) bond motifs is 1. The lowest BCUT2D eigenvalue weighted by Gasteiger charge is -2.28. The number of nitrogens with one attached hydrogen (secondary N) is 1. The van der Waals surface area contributed by atoms with Gasteiger partial charge in [-0.15, -0.1) is 0 Å². The number of allylic oxidation sites excluding steroid dienone is 1. The SMILES string of the molecule is CN1CCCC(C#N)=C1c1c[nH]c2ccccc12. The number of rotatable bonds is 1. The highest BCUT2D eigenvalue weighted by Crippen LogP contribution is 2.33. The van der Waals surface area contributed by atoms with Crippen LogP contribution < -0.4 is 0 Å². The van der Waals surface area contributed by atoms with E-state index < -0.39 is 0 Å². The van der Waals surface area contributed by atoms with Gasteiger partial charge in [-0.3, -0.25) is 0 Å². The van der Waals surface area contributed by atoms with Gasteiger partial charge in [-0.2, -0.15) is 5.26 Å². The number of nitrogens with zero attached hydrogens (tertiary/aromatic N) is 2. The van der Waals surface area contributed by atoms with Crippen LogP contribution in [-0.2, 0) is 0 Å². The Morgan fingerprint density at radius 2 is 2.17 bits per heavy atom. The molecule has 0 spiro atoms. The smallest absolute Gasteiger partial charge is 0.0969 e. The van der Waals surface area contributed by atoms with E-state index in [4.69, 9.17) is 0 Å². The van der Waals surface area contributed by atoms with Crippen LogP contribution in [-0.4, -0.2) is 23.5 Å². The van der Waals surface area contributed by atoms with Crippen LogP contribution in [0.15, 0.2) is 36.0 Å². The second kappa shape index (κ2) is 4.23. The molecule has 1 aliphatic heterocycles. The summed E-state index contributed by atoms with van der Waals surface area (Å²) in [5, 5.41) is 10.5. The monoisotopic (exact) mass is 237 g/mol. The average Bonchev–Trinajstić information content (AvgIpc) is 2.82. The molecule has 1 aromatic heterocycles. The lowest BCUT2D eigenvalue weighted by molar-refractivity contribution is 0.444. The second-order valence-electron chi connectivity index (χ2n) is 4.71. The Bertz CT molecular complexity index is 658. The third-order valence-corrected chi connectivity index (χ3v) is 3.57. The van der Waals surface area contributed by atoms with Gasteiger partial charge in [0, 0.05) is 36.3 Å². The number of hydrogen-bond acceptors (Lipinski definition) is 2. The number of hydrogen-bond donors (Lipinski definition) is 1. The van der Waals surface area contributed by atoms with Gasteiger partial charge in [-0.05, 0) is 18.9 Å². The van der Waals surface area contributed by atoms with Crippen LogP contribution in [0.3, 0.4) is 0 Å². The minimum absolute atomic E-state index is 0.885. The number of benzene rings is 1. The molecule has 0 bridgehead atoms. The third-order valence-electron chi connectivity index (χ3n) is 3.57. The van der Waals surface area contributed by atoms with Gasteiger partial charge in [-0.25, -0.2) is 0 Å². The van der Waals surface area contributed by atoms with Gasteiger partial charge in [0.05, 0.1) is 17.3 Å². The van der Waals surface area contributed by atoms with Crippen molar-refractivity contribution >= 4 is 16.6 Å². The summed E-state index contributed by atoms with van der Waals surface area (Å²) in [7, 11) is 2.06. The van der Waals surface area contributed by atoms with Crippen LogP contribution in [0, 0.1) is 11.3 Å². The Balaban J connectivity index is 2.24.